The van der Waals surface area contributed by atoms with Gasteiger partial charge in [0.05, 0.1) is 11.7 Å². The van der Waals surface area contributed by atoms with Gasteiger partial charge in [0.25, 0.3) is 0 Å². The second-order valence-corrected chi connectivity index (χ2v) is 9.98. The number of nitrogens with one attached hydrogen (secondary N) is 1. The Morgan fingerprint density at radius 3 is 2.19 bits per heavy atom. The summed E-state index contributed by atoms with van der Waals surface area (Å²) >= 11 is 0. The Bertz CT molecular complexity index is 1040. The van der Waals surface area contributed by atoms with Crippen LogP contribution in [-0.2, 0) is 15.7 Å². The molecule has 0 unspecified atom stereocenters. The van der Waals surface area contributed by atoms with Gasteiger partial charge in [0.2, 0.25) is 5.91 Å². The molecule has 1 N–H and O–H groups in total. The van der Waals surface area contributed by atoms with Crippen LogP contribution in [0.15, 0.2) is 36.4 Å². The van der Waals surface area contributed by atoms with Gasteiger partial charge in [-0.3, -0.25) is 4.79 Å². The fourth-order valence-corrected chi connectivity index (χ4v) is 5.22. The molecule has 4 rings (SSSR count). The number of ether oxygens (including phenoxy) is 1. The van der Waals surface area contributed by atoms with Crippen LogP contribution in [-0.4, -0.2) is 55.7 Å². The van der Waals surface area contributed by atoms with E-state index in [9.17, 15) is 18.0 Å². The van der Waals surface area contributed by atoms with E-state index in [4.69, 9.17) is 4.74 Å². The standard InChI is InChI=1S/C28H36F3N3O2/c1-19-20(2)25(28(29,30)31)17-26(21(19)3)32-22-9-11-24(12-10-22)36-18-27(35)34-15-13-33(14-16-34)23-7-5-4-6-8-23/h4-8,17,22,24,32H,9-16,18H2,1-3H3. The zero-order valence-corrected chi connectivity index (χ0v) is 21.3. The van der Waals surface area contributed by atoms with Crippen molar-refractivity contribution in [1.29, 1.82) is 0 Å². The van der Waals surface area contributed by atoms with Gasteiger partial charge in [-0.2, -0.15) is 13.2 Å². The van der Waals surface area contributed by atoms with E-state index in [1.165, 1.54) is 18.7 Å². The highest BCUT2D eigenvalue weighted by atomic mass is 19.4. The Morgan fingerprint density at radius 2 is 1.58 bits per heavy atom. The summed E-state index contributed by atoms with van der Waals surface area (Å²) in [7, 11) is 0. The van der Waals surface area contributed by atoms with Crippen LogP contribution in [0, 0.1) is 20.8 Å². The lowest BCUT2D eigenvalue weighted by Crippen LogP contribution is -2.50. The first-order valence-electron chi connectivity index (χ1n) is 12.8. The summed E-state index contributed by atoms with van der Waals surface area (Å²) in [6.07, 6.45) is -1.22. The van der Waals surface area contributed by atoms with Gasteiger partial charge in [0, 0.05) is 43.6 Å². The van der Waals surface area contributed by atoms with Gasteiger partial charge in [-0.05, 0) is 81.3 Å². The van der Waals surface area contributed by atoms with Crippen molar-refractivity contribution in [2.24, 2.45) is 0 Å². The molecule has 0 aromatic heterocycles. The zero-order chi connectivity index (χ0) is 25.9. The monoisotopic (exact) mass is 503 g/mol. The van der Waals surface area contributed by atoms with Gasteiger partial charge in [-0.15, -0.1) is 0 Å². The molecule has 1 aliphatic heterocycles. The summed E-state index contributed by atoms with van der Waals surface area (Å²) in [5.74, 6) is 0.0217. The topological polar surface area (TPSA) is 44.8 Å². The van der Waals surface area contributed by atoms with Crippen molar-refractivity contribution in [1.82, 2.24) is 4.90 Å². The van der Waals surface area contributed by atoms with E-state index in [-0.39, 0.29) is 30.2 Å². The Hall–Kier alpha value is -2.74. The molecule has 1 amide bonds. The van der Waals surface area contributed by atoms with E-state index in [2.05, 4.69) is 22.3 Å². The number of amides is 1. The van der Waals surface area contributed by atoms with E-state index < -0.39 is 11.7 Å². The molecule has 5 nitrogen and oxygen atoms in total. The maximum absolute atomic E-state index is 13.5. The van der Waals surface area contributed by atoms with Gasteiger partial charge >= 0.3 is 6.18 Å². The summed E-state index contributed by atoms with van der Waals surface area (Å²) in [6, 6.07) is 11.6. The molecule has 0 bridgehead atoms. The molecule has 0 atom stereocenters. The molecule has 196 valence electrons. The number of alkyl halides is 3. The van der Waals surface area contributed by atoms with Crippen molar-refractivity contribution >= 4 is 17.3 Å². The second kappa shape index (κ2) is 11.1. The van der Waals surface area contributed by atoms with Crippen LogP contribution in [0.25, 0.3) is 0 Å². The minimum absolute atomic E-state index is 0.00388. The fourth-order valence-electron chi connectivity index (χ4n) is 5.22. The minimum Gasteiger partial charge on any atom is -0.382 e. The molecule has 2 aromatic rings. The number of carbonyl (C=O) groups excluding carboxylic acids is 1. The number of halogens is 3. The van der Waals surface area contributed by atoms with Crippen molar-refractivity contribution in [3.05, 3.63) is 58.7 Å². The number of nitrogens with zero attached hydrogens (tertiary/aromatic N) is 2. The normalized spacial score (nSPS) is 20.9. The quantitative estimate of drug-likeness (QED) is 0.548. The number of hydrogen-bond donors (Lipinski definition) is 1. The van der Waals surface area contributed by atoms with E-state index in [1.807, 2.05) is 30.0 Å². The first-order chi connectivity index (χ1) is 17.1. The Balaban J connectivity index is 1.22. The Kier molecular flexibility index (Phi) is 8.13. The number of piperazine rings is 1. The average Bonchev–Trinajstić information content (AvgIpc) is 2.88. The third kappa shape index (κ3) is 6.14. The molecule has 36 heavy (non-hydrogen) atoms. The number of hydrogen-bond acceptors (Lipinski definition) is 4. The molecule has 2 fully saturated rings. The summed E-state index contributed by atoms with van der Waals surface area (Å²) in [6.45, 7) is 8.20. The number of rotatable bonds is 6. The van der Waals surface area contributed by atoms with Crippen LogP contribution in [0.4, 0.5) is 24.5 Å². The van der Waals surface area contributed by atoms with Crippen LogP contribution in [0.3, 0.4) is 0 Å². The van der Waals surface area contributed by atoms with E-state index >= 15 is 0 Å². The molecule has 0 radical (unpaired) electrons. The maximum atomic E-state index is 13.5. The second-order valence-electron chi connectivity index (χ2n) is 9.98. The first-order valence-corrected chi connectivity index (χ1v) is 12.8. The molecule has 1 saturated carbocycles. The smallest absolute Gasteiger partial charge is 0.382 e. The van der Waals surface area contributed by atoms with Gasteiger partial charge < -0.3 is 19.9 Å². The fraction of sp³-hybridized carbons (Fsp3) is 0.536. The zero-order valence-electron chi connectivity index (χ0n) is 21.3. The molecular weight excluding hydrogens is 467 g/mol. The van der Waals surface area contributed by atoms with Gasteiger partial charge in [0.1, 0.15) is 6.61 Å². The van der Waals surface area contributed by atoms with Crippen molar-refractivity contribution < 1.29 is 22.7 Å². The first kappa shape index (κ1) is 26.3. The van der Waals surface area contributed by atoms with Crippen LogP contribution in [0.5, 0.6) is 0 Å². The Morgan fingerprint density at radius 1 is 0.944 bits per heavy atom. The van der Waals surface area contributed by atoms with E-state index in [0.717, 1.165) is 44.3 Å². The lowest BCUT2D eigenvalue weighted by molar-refractivity contribution is -0.139. The lowest BCUT2D eigenvalue weighted by Gasteiger charge is -2.36. The van der Waals surface area contributed by atoms with Gasteiger partial charge in [0.15, 0.2) is 0 Å². The van der Waals surface area contributed by atoms with Crippen LogP contribution in [0.2, 0.25) is 0 Å². The third-order valence-electron chi connectivity index (χ3n) is 7.76. The van der Waals surface area contributed by atoms with Crippen LogP contribution < -0.4 is 10.2 Å². The lowest BCUT2D eigenvalue weighted by atomic mass is 9.91. The molecule has 2 aliphatic rings. The van der Waals surface area contributed by atoms with E-state index in [0.29, 0.717) is 24.3 Å². The average molecular weight is 504 g/mol. The molecule has 1 saturated heterocycles. The summed E-state index contributed by atoms with van der Waals surface area (Å²) in [5.41, 5.74) is 2.97. The molecular formula is C28H36F3N3O2. The van der Waals surface area contributed by atoms with Crippen molar-refractivity contribution in [3.8, 4) is 0 Å². The molecule has 1 aliphatic carbocycles. The summed E-state index contributed by atoms with van der Waals surface area (Å²) < 4.78 is 46.4. The molecule has 1 heterocycles. The van der Waals surface area contributed by atoms with Crippen LogP contribution >= 0.6 is 0 Å². The number of anilines is 2. The van der Waals surface area contributed by atoms with Crippen molar-refractivity contribution in [3.63, 3.8) is 0 Å². The number of benzene rings is 2. The predicted molar refractivity (Wildman–Crippen MR) is 137 cm³/mol. The number of carbonyl (C=O) groups is 1. The summed E-state index contributed by atoms with van der Waals surface area (Å²) in [4.78, 5) is 16.8. The third-order valence-corrected chi connectivity index (χ3v) is 7.76. The molecule has 8 heteroatoms. The van der Waals surface area contributed by atoms with Gasteiger partial charge in [-0.25, -0.2) is 0 Å². The maximum Gasteiger partial charge on any atom is 0.416 e. The Labute approximate surface area is 211 Å². The van der Waals surface area contributed by atoms with Crippen LogP contribution in [0.1, 0.15) is 47.9 Å². The minimum atomic E-state index is -4.37. The number of para-hydroxylation sites is 1. The van der Waals surface area contributed by atoms with E-state index in [1.54, 1.807) is 6.92 Å². The van der Waals surface area contributed by atoms with Crippen molar-refractivity contribution in [2.75, 3.05) is 43.0 Å². The highest BCUT2D eigenvalue weighted by Crippen LogP contribution is 2.38. The highest BCUT2D eigenvalue weighted by Gasteiger charge is 2.34. The predicted octanol–water partition coefficient (Wildman–Crippen LogP) is 5.72. The largest absolute Gasteiger partial charge is 0.416 e. The highest BCUT2D eigenvalue weighted by molar-refractivity contribution is 5.77. The molecule has 2 aromatic carbocycles. The SMILES string of the molecule is Cc1c(NC2CCC(OCC(=O)N3CCN(c4ccccc4)CC3)CC2)cc(C(F)(F)F)c(C)c1C. The molecule has 0 spiro atoms. The van der Waals surface area contributed by atoms with Gasteiger partial charge in [-0.1, -0.05) is 18.2 Å². The summed E-state index contributed by atoms with van der Waals surface area (Å²) in [5, 5.41) is 3.35. The van der Waals surface area contributed by atoms with Crippen molar-refractivity contribution in [2.45, 2.75) is 64.8 Å².